The molecule has 2 atom stereocenters. The van der Waals surface area contributed by atoms with Gasteiger partial charge in [-0.3, -0.25) is 9.59 Å². The zero-order valence-electron chi connectivity index (χ0n) is 17.1. The van der Waals surface area contributed by atoms with E-state index in [0.717, 1.165) is 53.0 Å². The maximum Gasteiger partial charge on any atom is 0.326 e. The van der Waals surface area contributed by atoms with Gasteiger partial charge in [-0.15, -0.1) is 0 Å². The summed E-state index contributed by atoms with van der Waals surface area (Å²) < 4.78 is 0. The fourth-order valence-electron chi connectivity index (χ4n) is 5.23. The summed E-state index contributed by atoms with van der Waals surface area (Å²) in [4.78, 5) is 42.8. The highest BCUT2D eigenvalue weighted by Gasteiger charge is 2.56. The second-order valence-corrected chi connectivity index (χ2v) is 8.42. The third-order valence-electron chi connectivity index (χ3n) is 6.72. The molecule has 2 aromatic carbocycles. The molecular weight excluding hydrogens is 378 g/mol. The van der Waals surface area contributed by atoms with E-state index in [2.05, 4.69) is 5.32 Å². The van der Waals surface area contributed by atoms with Crippen molar-refractivity contribution < 1.29 is 14.4 Å². The fraction of sp³-hybridized carbons (Fsp3) is 0.375. The molecule has 0 aromatic heterocycles. The molecule has 1 N–H and O–H groups in total. The molecular formula is C24H25N3O3. The van der Waals surface area contributed by atoms with Gasteiger partial charge in [0, 0.05) is 12.2 Å². The first-order valence-electron chi connectivity index (χ1n) is 10.7. The minimum Gasteiger partial charge on any atom is -0.319 e. The van der Waals surface area contributed by atoms with Crippen molar-refractivity contribution >= 4 is 23.5 Å². The van der Waals surface area contributed by atoms with Gasteiger partial charge in [-0.2, -0.15) is 0 Å². The van der Waals surface area contributed by atoms with E-state index in [9.17, 15) is 14.4 Å². The number of nitrogens with one attached hydrogen (secondary N) is 1. The molecule has 30 heavy (non-hydrogen) atoms. The van der Waals surface area contributed by atoms with Crippen LogP contribution >= 0.6 is 0 Å². The van der Waals surface area contributed by atoms with Gasteiger partial charge in [0.05, 0.1) is 0 Å². The van der Waals surface area contributed by atoms with Crippen LogP contribution in [0.4, 0.5) is 10.5 Å². The number of benzene rings is 2. The summed E-state index contributed by atoms with van der Waals surface area (Å²) >= 11 is 0. The predicted molar refractivity (Wildman–Crippen MR) is 113 cm³/mol. The topological polar surface area (TPSA) is 69.7 Å². The highest BCUT2D eigenvalue weighted by atomic mass is 16.2. The van der Waals surface area contributed by atoms with Crippen molar-refractivity contribution in [2.24, 2.45) is 0 Å². The number of hydrogen-bond acceptors (Lipinski definition) is 3. The molecule has 0 unspecified atom stereocenters. The van der Waals surface area contributed by atoms with Crippen molar-refractivity contribution in [3.05, 3.63) is 65.2 Å². The number of imide groups is 1. The normalized spacial score (nSPS) is 23.8. The van der Waals surface area contributed by atoms with Gasteiger partial charge >= 0.3 is 6.03 Å². The molecule has 5 rings (SSSR count). The molecule has 1 aliphatic carbocycles. The van der Waals surface area contributed by atoms with Crippen LogP contribution in [0.15, 0.2) is 48.5 Å². The fourth-order valence-corrected chi connectivity index (χ4v) is 5.23. The Balaban J connectivity index is 1.47. The van der Waals surface area contributed by atoms with E-state index in [-0.39, 0.29) is 11.8 Å². The molecule has 6 nitrogen and oxygen atoms in total. The van der Waals surface area contributed by atoms with Gasteiger partial charge in [0.2, 0.25) is 5.91 Å². The van der Waals surface area contributed by atoms with Crippen LogP contribution in [0.3, 0.4) is 0 Å². The van der Waals surface area contributed by atoms with Gasteiger partial charge in [-0.05, 0) is 61.8 Å². The molecule has 0 radical (unpaired) electrons. The zero-order valence-corrected chi connectivity index (χ0v) is 17.1. The minimum absolute atomic E-state index is 0.216. The second-order valence-electron chi connectivity index (χ2n) is 8.42. The number of para-hydroxylation sites is 1. The molecule has 2 heterocycles. The number of fused-ring (bicyclic) bond motifs is 3. The Morgan fingerprint density at radius 2 is 1.70 bits per heavy atom. The molecule has 0 saturated carbocycles. The van der Waals surface area contributed by atoms with Crippen LogP contribution in [-0.2, 0) is 28.0 Å². The molecule has 2 aliphatic heterocycles. The summed E-state index contributed by atoms with van der Waals surface area (Å²) in [7, 11) is 0. The van der Waals surface area contributed by atoms with Crippen LogP contribution in [0.1, 0.15) is 42.9 Å². The van der Waals surface area contributed by atoms with E-state index in [1.165, 1.54) is 0 Å². The standard InChI is InChI=1S/C24H25N3O3/c1-16(21(28)26-15-7-11-18-9-3-5-13-20(18)26)27-22(29)24(25-23(27)30)14-6-10-17-8-2-4-12-19(17)24/h2-5,8-9,12-13,16H,6-7,10-11,14-15H2,1H3,(H,25,30)/t16-,24+/m0/s1. The smallest absolute Gasteiger partial charge is 0.319 e. The molecule has 2 aromatic rings. The van der Waals surface area contributed by atoms with Crippen LogP contribution in [0.2, 0.25) is 0 Å². The van der Waals surface area contributed by atoms with Gasteiger partial charge in [-0.1, -0.05) is 42.5 Å². The Labute approximate surface area is 175 Å². The maximum atomic E-state index is 13.6. The first-order chi connectivity index (χ1) is 14.5. The zero-order chi connectivity index (χ0) is 20.9. The lowest BCUT2D eigenvalue weighted by atomic mass is 9.76. The van der Waals surface area contributed by atoms with Crippen molar-refractivity contribution in [1.82, 2.24) is 10.2 Å². The number of aryl methyl sites for hydroxylation is 2. The largest absolute Gasteiger partial charge is 0.326 e. The molecule has 154 valence electrons. The summed E-state index contributed by atoms with van der Waals surface area (Å²) in [5.41, 5.74) is 2.90. The van der Waals surface area contributed by atoms with Crippen molar-refractivity contribution in [3.63, 3.8) is 0 Å². The van der Waals surface area contributed by atoms with Crippen LogP contribution in [0.5, 0.6) is 0 Å². The van der Waals surface area contributed by atoms with Gasteiger partial charge < -0.3 is 10.2 Å². The Bertz CT molecular complexity index is 1050. The van der Waals surface area contributed by atoms with E-state index >= 15 is 0 Å². The van der Waals surface area contributed by atoms with E-state index in [1.54, 1.807) is 11.8 Å². The highest BCUT2D eigenvalue weighted by Crippen LogP contribution is 2.40. The summed E-state index contributed by atoms with van der Waals surface area (Å²) in [5.74, 6) is -0.530. The maximum absolute atomic E-state index is 13.6. The summed E-state index contributed by atoms with van der Waals surface area (Å²) in [6, 6.07) is 14.3. The average Bonchev–Trinajstić information content (AvgIpc) is 3.02. The van der Waals surface area contributed by atoms with Crippen molar-refractivity contribution in [3.8, 4) is 0 Å². The molecule has 6 heteroatoms. The Kier molecular flexibility index (Phi) is 4.38. The van der Waals surface area contributed by atoms with Crippen LogP contribution in [-0.4, -0.2) is 35.3 Å². The van der Waals surface area contributed by atoms with Crippen molar-refractivity contribution in [2.75, 3.05) is 11.4 Å². The van der Waals surface area contributed by atoms with Gasteiger partial charge in [0.25, 0.3) is 5.91 Å². The summed E-state index contributed by atoms with van der Waals surface area (Å²) in [6.45, 7) is 2.25. The second kappa shape index (κ2) is 6.97. The SMILES string of the molecule is C[C@@H](C(=O)N1CCCc2ccccc21)N1C(=O)N[C@@]2(CCCc3ccccc32)C1=O. The molecule has 1 spiro atoms. The average molecular weight is 403 g/mol. The number of anilines is 1. The number of rotatable bonds is 2. The van der Waals surface area contributed by atoms with E-state index in [1.807, 2.05) is 48.5 Å². The first kappa shape index (κ1) is 18.9. The number of amides is 4. The quantitative estimate of drug-likeness (QED) is 0.784. The highest BCUT2D eigenvalue weighted by molar-refractivity contribution is 6.12. The third-order valence-corrected chi connectivity index (χ3v) is 6.72. The number of carbonyl (C=O) groups is 3. The van der Waals surface area contributed by atoms with E-state index < -0.39 is 17.6 Å². The monoisotopic (exact) mass is 403 g/mol. The van der Waals surface area contributed by atoms with Crippen LogP contribution < -0.4 is 10.2 Å². The number of carbonyl (C=O) groups excluding carboxylic acids is 3. The summed E-state index contributed by atoms with van der Waals surface area (Å²) in [5, 5.41) is 2.95. The minimum atomic E-state index is -1.06. The number of urea groups is 1. The lowest BCUT2D eigenvalue weighted by molar-refractivity contribution is -0.137. The number of hydrogen-bond donors (Lipinski definition) is 1. The molecule has 0 bridgehead atoms. The van der Waals surface area contributed by atoms with Gasteiger partial charge in [0.15, 0.2) is 0 Å². The van der Waals surface area contributed by atoms with E-state index in [4.69, 9.17) is 0 Å². The lowest BCUT2D eigenvalue weighted by Crippen LogP contribution is -2.52. The Morgan fingerprint density at radius 3 is 2.53 bits per heavy atom. The molecule has 4 amide bonds. The molecule has 1 saturated heterocycles. The Morgan fingerprint density at radius 1 is 1.00 bits per heavy atom. The van der Waals surface area contributed by atoms with Gasteiger partial charge in [0.1, 0.15) is 11.6 Å². The van der Waals surface area contributed by atoms with Crippen LogP contribution in [0, 0.1) is 0 Å². The Hall–Kier alpha value is -3.15. The van der Waals surface area contributed by atoms with E-state index in [0.29, 0.717) is 13.0 Å². The van der Waals surface area contributed by atoms with Crippen molar-refractivity contribution in [1.29, 1.82) is 0 Å². The lowest BCUT2D eigenvalue weighted by Gasteiger charge is -2.35. The third kappa shape index (κ3) is 2.66. The molecule has 1 fully saturated rings. The number of nitrogens with zero attached hydrogens (tertiary/aromatic N) is 2. The predicted octanol–water partition coefficient (Wildman–Crippen LogP) is 3.14. The van der Waals surface area contributed by atoms with Crippen LogP contribution in [0.25, 0.3) is 0 Å². The first-order valence-corrected chi connectivity index (χ1v) is 10.7. The van der Waals surface area contributed by atoms with Gasteiger partial charge in [-0.25, -0.2) is 9.69 Å². The molecule has 3 aliphatic rings. The van der Waals surface area contributed by atoms with Crippen molar-refractivity contribution in [2.45, 2.75) is 50.6 Å². The summed E-state index contributed by atoms with van der Waals surface area (Å²) in [6.07, 6.45) is 4.06.